The van der Waals surface area contributed by atoms with Crippen LogP contribution in [0, 0.1) is 0 Å². The van der Waals surface area contributed by atoms with E-state index in [0.29, 0.717) is 0 Å². The van der Waals surface area contributed by atoms with E-state index in [1.165, 1.54) is 5.56 Å². The van der Waals surface area contributed by atoms with E-state index < -0.39 is 0 Å². The van der Waals surface area contributed by atoms with Crippen LogP contribution in [0.25, 0.3) is 17.0 Å². The Kier molecular flexibility index (Phi) is 3.46. The van der Waals surface area contributed by atoms with Crippen LogP contribution in [-0.2, 0) is 6.54 Å². The summed E-state index contributed by atoms with van der Waals surface area (Å²) in [5.41, 5.74) is 3.07. The van der Waals surface area contributed by atoms with E-state index in [1.807, 2.05) is 42.5 Å². The van der Waals surface area contributed by atoms with E-state index in [0.717, 1.165) is 29.3 Å². The number of benzene rings is 2. The normalized spacial score (nSPS) is 11.2. The molecule has 0 bridgehead atoms. The van der Waals surface area contributed by atoms with Gasteiger partial charge in [-0.25, -0.2) is 0 Å². The highest BCUT2D eigenvalue weighted by atomic mass is 16.1. The van der Waals surface area contributed by atoms with Gasteiger partial charge in [0.15, 0.2) is 0 Å². The van der Waals surface area contributed by atoms with Gasteiger partial charge in [-0.05, 0) is 29.8 Å². The molecule has 98 valence electrons. The Bertz CT molecular complexity index is 753. The average molecular weight is 261 g/mol. The summed E-state index contributed by atoms with van der Waals surface area (Å²) in [4.78, 5) is 10.8. The SMILES string of the molecule is O=Cc1ccc2c(ccn2C/C=C/c2ccccc2)c1. The van der Waals surface area contributed by atoms with Gasteiger partial charge >= 0.3 is 0 Å². The van der Waals surface area contributed by atoms with Crippen molar-refractivity contribution in [1.29, 1.82) is 0 Å². The summed E-state index contributed by atoms with van der Waals surface area (Å²) in [6.07, 6.45) is 7.19. The molecule has 0 N–H and O–H groups in total. The highest BCUT2D eigenvalue weighted by molar-refractivity contribution is 5.87. The molecule has 20 heavy (non-hydrogen) atoms. The molecule has 0 fully saturated rings. The highest BCUT2D eigenvalue weighted by Gasteiger charge is 2.00. The van der Waals surface area contributed by atoms with Crippen LogP contribution in [0.3, 0.4) is 0 Å². The molecule has 2 heteroatoms. The standard InChI is InChI=1S/C18H15NO/c20-14-16-8-9-18-17(13-16)10-12-19(18)11-4-7-15-5-2-1-3-6-15/h1-10,12-14H,11H2/b7-4+. The molecule has 0 aliphatic heterocycles. The summed E-state index contributed by atoms with van der Waals surface area (Å²) in [6.45, 7) is 0.818. The van der Waals surface area contributed by atoms with Crippen molar-refractivity contribution in [3.8, 4) is 0 Å². The highest BCUT2D eigenvalue weighted by Crippen LogP contribution is 2.17. The quantitative estimate of drug-likeness (QED) is 0.646. The number of hydrogen-bond donors (Lipinski definition) is 0. The Hall–Kier alpha value is -2.61. The van der Waals surface area contributed by atoms with Gasteiger partial charge in [-0.15, -0.1) is 0 Å². The second kappa shape index (κ2) is 5.57. The van der Waals surface area contributed by atoms with Gasteiger partial charge in [-0.1, -0.05) is 42.5 Å². The molecule has 0 atom stereocenters. The van der Waals surface area contributed by atoms with E-state index in [4.69, 9.17) is 0 Å². The zero-order valence-corrected chi connectivity index (χ0v) is 11.1. The number of carbonyl (C=O) groups is 1. The minimum Gasteiger partial charge on any atom is -0.344 e. The monoisotopic (exact) mass is 261 g/mol. The van der Waals surface area contributed by atoms with Crippen LogP contribution in [0.4, 0.5) is 0 Å². The molecule has 0 unspecified atom stereocenters. The van der Waals surface area contributed by atoms with Crippen LogP contribution in [0.15, 0.2) is 66.9 Å². The van der Waals surface area contributed by atoms with Crippen LogP contribution in [0.1, 0.15) is 15.9 Å². The van der Waals surface area contributed by atoms with Gasteiger partial charge in [-0.3, -0.25) is 4.79 Å². The Balaban J connectivity index is 1.81. The largest absolute Gasteiger partial charge is 0.344 e. The minimum absolute atomic E-state index is 0.718. The molecule has 2 aromatic carbocycles. The number of aromatic nitrogens is 1. The van der Waals surface area contributed by atoms with E-state index >= 15 is 0 Å². The number of carbonyl (C=O) groups excluding carboxylic acids is 1. The average Bonchev–Trinajstić information content (AvgIpc) is 2.91. The lowest BCUT2D eigenvalue weighted by atomic mass is 10.2. The lowest BCUT2D eigenvalue weighted by Crippen LogP contribution is -1.92. The Morgan fingerprint density at radius 3 is 2.60 bits per heavy atom. The number of fused-ring (bicyclic) bond motifs is 1. The maximum absolute atomic E-state index is 10.8. The first-order chi connectivity index (χ1) is 9.86. The van der Waals surface area contributed by atoms with Crippen LogP contribution in [0.2, 0.25) is 0 Å². The zero-order chi connectivity index (χ0) is 13.8. The van der Waals surface area contributed by atoms with Crippen LogP contribution >= 0.6 is 0 Å². The third-order valence-corrected chi connectivity index (χ3v) is 3.34. The topological polar surface area (TPSA) is 22.0 Å². The molecule has 3 aromatic rings. The number of aldehydes is 1. The van der Waals surface area contributed by atoms with Gasteiger partial charge in [-0.2, -0.15) is 0 Å². The van der Waals surface area contributed by atoms with Crippen molar-refractivity contribution < 1.29 is 4.79 Å². The number of nitrogens with zero attached hydrogens (tertiary/aromatic N) is 1. The van der Waals surface area contributed by atoms with E-state index in [2.05, 4.69) is 35.0 Å². The van der Waals surface area contributed by atoms with Crippen LogP contribution < -0.4 is 0 Å². The summed E-state index contributed by atoms with van der Waals surface area (Å²) < 4.78 is 2.17. The number of hydrogen-bond acceptors (Lipinski definition) is 1. The predicted octanol–water partition coefficient (Wildman–Crippen LogP) is 4.17. The summed E-state index contributed by atoms with van der Waals surface area (Å²) >= 11 is 0. The van der Waals surface area contributed by atoms with Crippen LogP contribution in [-0.4, -0.2) is 10.9 Å². The zero-order valence-electron chi connectivity index (χ0n) is 11.1. The maximum Gasteiger partial charge on any atom is 0.150 e. The van der Waals surface area contributed by atoms with Gasteiger partial charge in [0.25, 0.3) is 0 Å². The first kappa shape index (κ1) is 12.4. The van der Waals surface area contributed by atoms with Gasteiger partial charge in [0.2, 0.25) is 0 Å². The molecule has 0 radical (unpaired) electrons. The molecule has 0 saturated heterocycles. The smallest absolute Gasteiger partial charge is 0.150 e. The third-order valence-electron chi connectivity index (χ3n) is 3.34. The summed E-state index contributed by atoms with van der Waals surface area (Å²) in [5, 5.41) is 1.10. The lowest BCUT2D eigenvalue weighted by molar-refractivity contribution is 0.112. The molecule has 3 rings (SSSR count). The first-order valence-corrected chi connectivity index (χ1v) is 6.62. The molecule has 0 aliphatic carbocycles. The van der Waals surface area contributed by atoms with E-state index in [9.17, 15) is 4.79 Å². The molecule has 2 nitrogen and oxygen atoms in total. The summed E-state index contributed by atoms with van der Waals surface area (Å²) in [7, 11) is 0. The van der Waals surface area contributed by atoms with Crippen molar-refractivity contribution in [2.24, 2.45) is 0 Å². The van der Waals surface area contributed by atoms with Gasteiger partial charge < -0.3 is 4.57 Å². The Morgan fingerprint density at radius 1 is 0.950 bits per heavy atom. The lowest BCUT2D eigenvalue weighted by Gasteiger charge is -2.01. The fourth-order valence-electron chi connectivity index (χ4n) is 2.32. The summed E-state index contributed by atoms with van der Waals surface area (Å²) in [6, 6.07) is 18.1. The fourth-order valence-corrected chi connectivity index (χ4v) is 2.32. The molecular weight excluding hydrogens is 246 g/mol. The molecule has 0 aliphatic rings. The second-order valence-corrected chi connectivity index (χ2v) is 4.72. The predicted molar refractivity (Wildman–Crippen MR) is 82.8 cm³/mol. The maximum atomic E-state index is 10.8. The van der Waals surface area contributed by atoms with Crippen LogP contribution in [0.5, 0.6) is 0 Å². The van der Waals surface area contributed by atoms with Gasteiger partial charge in [0.1, 0.15) is 6.29 Å². The second-order valence-electron chi connectivity index (χ2n) is 4.72. The minimum atomic E-state index is 0.718. The van der Waals surface area contributed by atoms with Crippen molar-refractivity contribution in [1.82, 2.24) is 4.57 Å². The van der Waals surface area contributed by atoms with Gasteiger partial charge in [0, 0.05) is 29.2 Å². The Morgan fingerprint density at radius 2 is 1.80 bits per heavy atom. The number of allylic oxidation sites excluding steroid dienone is 1. The fraction of sp³-hybridized carbons (Fsp3) is 0.0556. The van der Waals surface area contributed by atoms with Crippen molar-refractivity contribution in [2.75, 3.05) is 0 Å². The van der Waals surface area contributed by atoms with Crippen molar-refractivity contribution in [3.63, 3.8) is 0 Å². The van der Waals surface area contributed by atoms with E-state index in [1.54, 1.807) is 0 Å². The van der Waals surface area contributed by atoms with Crippen molar-refractivity contribution in [2.45, 2.75) is 6.54 Å². The van der Waals surface area contributed by atoms with E-state index in [-0.39, 0.29) is 0 Å². The van der Waals surface area contributed by atoms with Crippen molar-refractivity contribution >= 4 is 23.3 Å². The molecule has 0 amide bonds. The molecule has 1 heterocycles. The molecule has 1 aromatic heterocycles. The number of rotatable bonds is 4. The molecule has 0 spiro atoms. The third kappa shape index (κ3) is 2.54. The van der Waals surface area contributed by atoms with Gasteiger partial charge in [0.05, 0.1) is 0 Å². The molecule has 0 saturated carbocycles. The Labute approximate surface area is 118 Å². The molecular formula is C18H15NO. The first-order valence-electron chi connectivity index (χ1n) is 6.62. The van der Waals surface area contributed by atoms with Crippen molar-refractivity contribution in [3.05, 3.63) is 78.0 Å². The summed E-state index contributed by atoms with van der Waals surface area (Å²) in [5.74, 6) is 0.